The van der Waals surface area contributed by atoms with Crippen LogP contribution in [-0.4, -0.2) is 17.6 Å². The first-order chi connectivity index (χ1) is 11.0. The quantitative estimate of drug-likeness (QED) is 0.472. The molecule has 0 saturated carbocycles. The zero-order valence-corrected chi connectivity index (χ0v) is 16.8. The molecule has 0 aliphatic heterocycles. The molecule has 0 radical (unpaired) electrons. The summed E-state index contributed by atoms with van der Waals surface area (Å²) >= 11 is 10.8. The van der Waals surface area contributed by atoms with Crippen molar-refractivity contribution in [3.05, 3.63) is 56.1 Å². The van der Waals surface area contributed by atoms with E-state index in [1.807, 2.05) is 31.2 Å². The highest BCUT2D eigenvalue weighted by atomic mass is 127. The Morgan fingerprint density at radius 2 is 1.96 bits per heavy atom. The molecule has 4 nitrogen and oxygen atoms in total. The molecule has 0 bridgehead atoms. The van der Waals surface area contributed by atoms with Crippen LogP contribution >= 0.6 is 50.7 Å². The van der Waals surface area contributed by atoms with Crippen molar-refractivity contribution >= 4 is 67.4 Å². The Morgan fingerprint density at radius 3 is 2.57 bits per heavy atom. The van der Waals surface area contributed by atoms with Crippen molar-refractivity contribution in [1.82, 2.24) is 5.32 Å². The average Bonchev–Trinajstić information content (AvgIpc) is 2.51. The smallest absolute Gasteiger partial charge is 0.257 e. The van der Waals surface area contributed by atoms with E-state index in [2.05, 4.69) is 49.2 Å². The first-order valence-electron chi connectivity index (χ1n) is 6.80. The Bertz CT molecular complexity index is 723. The summed E-state index contributed by atoms with van der Waals surface area (Å²) in [6, 6.07) is 12.8. The maximum absolute atomic E-state index is 12.2. The van der Waals surface area contributed by atoms with Gasteiger partial charge in [-0.25, -0.2) is 0 Å². The summed E-state index contributed by atoms with van der Waals surface area (Å²) in [4.78, 5) is 12.2. The first-order valence-corrected chi connectivity index (χ1v) is 9.08. The van der Waals surface area contributed by atoms with E-state index in [9.17, 15) is 4.79 Å². The summed E-state index contributed by atoms with van der Waals surface area (Å²) in [5.74, 6) is 0.417. The number of hydrogen-bond donors (Lipinski definition) is 2. The second-order valence-corrected chi connectivity index (χ2v) is 7.00. The van der Waals surface area contributed by atoms with Crippen molar-refractivity contribution in [2.24, 2.45) is 0 Å². The molecule has 0 aliphatic rings. The molecule has 2 aromatic rings. The van der Waals surface area contributed by atoms with Crippen LogP contribution in [0.2, 0.25) is 0 Å². The highest BCUT2D eigenvalue weighted by Gasteiger charge is 2.11. The van der Waals surface area contributed by atoms with E-state index >= 15 is 0 Å². The molecule has 23 heavy (non-hydrogen) atoms. The molecule has 2 aromatic carbocycles. The summed E-state index contributed by atoms with van der Waals surface area (Å²) in [6.07, 6.45) is 0. The predicted molar refractivity (Wildman–Crippen MR) is 108 cm³/mol. The van der Waals surface area contributed by atoms with Crippen molar-refractivity contribution in [1.29, 1.82) is 0 Å². The molecule has 0 atom stereocenters. The Labute approximate surface area is 162 Å². The number of hydrogen-bond acceptors (Lipinski definition) is 3. The second kappa shape index (κ2) is 8.60. The van der Waals surface area contributed by atoms with Gasteiger partial charge in [0.25, 0.3) is 5.91 Å². The number of halogens is 2. The predicted octanol–water partition coefficient (Wildman–Crippen LogP) is 4.58. The van der Waals surface area contributed by atoms with Crippen molar-refractivity contribution in [3.8, 4) is 5.75 Å². The minimum Gasteiger partial charge on any atom is -0.493 e. The average molecular weight is 505 g/mol. The van der Waals surface area contributed by atoms with Gasteiger partial charge in [0.15, 0.2) is 5.11 Å². The SMILES string of the molecule is CCOc1ccc(C(=O)NC(=S)Nc2ccc(I)cc2)cc1Br. The highest BCUT2D eigenvalue weighted by molar-refractivity contribution is 14.1. The van der Waals surface area contributed by atoms with Gasteiger partial charge in [0.2, 0.25) is 0 Å². The molecule has 2 rings (SSSR count). The topological polar surface area (TPSA) is 50.4 Å². The third-order valence-electron chi connectivity index (χ3n) is 2.82. The third kappa shape index (κ3) is 5.43. The van der Waals surface area contributed by atoms with E-state index in [0.29, 0.717) is 17.9 Å². The van der Waals surface area contributed by atoms with Gasteiger partial charge in [-0.15, -0.1) is 0 Å². The lowest BCUT2D eigenvalue weighted by molar-refractivity contribution is 0.0977. The van der Waals surface area contributed by atoms with E-state index in [1.54, 1.807) is 18.2 Å². The summed E-state index contributed by atoms with van der Waals surface area (Å²) in [5, 5.41) is 5.88. The number of thiocarbonyl (C=S) groups is 1. The highest BCUT2D eigenvalue weighted by Crippen LogP contribution is 2.26. The van der Waals surface area contributed by atoms with Gasteiger partial charge in [-0.3, -0.25) is 10.1 Å². The molecular weight excluding hydrogens is 491 g/mol. The van der Waals surface area contributed by atoms with Crippen molar-refractivity contribution in [2.75, 3.05) is 11.9 Å². The lowest BCUT2D eigenvalue weighted by Crippen LogP contribution is -2.34. The molecule has 7 heteroatoms. The Hall–Kier alpha value is -1.19. The molecule has 0 heterocycles. The number of carbonyl (C=O) groups excluding carboxylic acids is 1. The van der Waals surface area contributed by atoms with Crippen LogP contribution in [0.15, 0.2) is 46.9 Å². The number of carbonyl (C=O) groups is 1. The van der Waals surface area contributed by atoms with Gasteiger partial charge in [-0.1, -0.05) is 0 Å². The van der Waals surface area contributed by atoms with E-state index < -0.39 is 0 Å². The molecule has 0 unspecified atom stereocenters. The fraction of sp³-hybridized carbons (Fsp3) is 0.125. The van der Waals surface area contributed by atoms with Crippen LogP contribution in [0.3, 0.4) is 0 Å². The van der Waals surface area contributed by atoms with E-state index in [1.165, 1.54) is 0 Å². The lowest BCUT2D eigenvalue weighted by atomic mass is 10.2. The van der Waals surface area contributed by atoms with E-state index in [-0.39, 0.29) is 11.0 Å². The maximum Gasteiger partial charge on any atom is 0.257 e. The minimum atomic E-state index is -0.281. The molecular formula is C16H14BrIN2O2S. The van der Waals surface area contributed by atoms with Crippen LogP contribution in [0.5, 0.6) is 5.75 Å². The number of anilines is 1. The van der Waals surface area contributed by atoms with Gasteiger partial charge in [0.1, 0.15) is 5.75 Å². The normalized spacial score (nSPS) is 10.0. The fourth-order valence-corrected chi connectivity index (χ4v) is 2.85. The molecule has 2 N–H and O–H groups in total. The van der Waals surface area contributed by atoms with Gasteiger partial charge in [-0.2, -0.15) is 0 Å². The van der Waals surface area contributed by atoms with Crippen LogP contribution in [0, 0.1) is 3.57 Å². The Balaban J connectivity index is 1.99. The van der Waals surface area contributed by atoms with Crippen molar-refractivity contribution in [3.63, 3.8) is 0 Å². The molecule has 120 valence electrons. The van der Waals surface area contributed by atoms with Gasteiger partial charge < -0.3 is 10.1 Å². The molecule has 0 aromatic heterocycles. The molecule has 0 saturated heterocycles. The van der Waals surface area contributed by atoms with Crippen molar-refractivity contribution < 1.29 is 9.53 Å². The fourth-order valence-electron chi connectivity index (χ4n) is 1.79. The second-order valence-electron chi connectivity index (χ2n) is 4.49. The number of benzene rings is 2. The van der Waals surface area contributed by atoms with Crippen LogP contribution in [0.1, 0.15) is 17.3 Å². The zero-order valence-electron chi connectivity index (χ0n) is 12.2. The third-order valence-corrected chi connectivity index (χ3v) is 4.37. The summed E-state index contributed by atoms with van der Waals surface area (Å²) in [6.45, 7) is 2.47. The number of ether oxygens (including phenoxy) is 1. The van der Waals surface area contributed by atoms with Gasteiger partial charge in [0.05, 0.1) is 11.1 Å². The van der Waals surface area contributed by atoms with Crippen LogP contribution in [0.25, 0.3) is 0 Å². The van der Waals surface area contributed by atoms with Crippen LogP contribution in [0.4, 0.5) is 5.69 Å². The Kier molecular flexibility index (Phi) is 6.79. The molecule has 1 amide bonds. The van der Waals surface area contributed by atoms with Crippen LogP contribution < -0.4 is 15.4 Å². The monoisotopic (exact) mass is 504 g/mol. The molecule has 0 fully saturated rings. The standard InChI is InChI=1S/C16H14BrIN2O2S/c1-2-22-14-8-3-10(9-13(14)17)15(21)20-16(23)19-12-6-4-11(18)5-7-12/h3-9H,2H2,1H3,(H2,19,20,21,23). The van der Waals surface area contributed by atoms with E-state index in [0.717, 1.165) is 13.7 Å². The number of rotatable bonds is 4. The van der Waals surface area contributed by atoms with Crippen LogP contribution in [-0.2, 0) is 0 Å². The van der Waals surface area contributed by atoms with E-state index in [4.69, 9.17) is 17.0 Å². The lowest BCUT2D eigenvalue weighted by Gasteiger charge is -2.11. The maximum atomic E-state index is 12.2. The molecule has 0 spiro atoms. The number of amides is 1. The van der Waals surface area contributed by atoms with Gasteiger partial charge in [0, 0.05) is 14.8 Å². The first kappa shape index (κ1) is 18.2. The Morgan fingerprint density at radius 1 is 1.26 bits per heavy atom. The van der Waals surface area contributed by atoms with Gasteiger partial charge >= 0.3 is 0 Å². The van der Waals surface area contributed by atoms with Crippen molar-refractivity contribution in [2.45, 2.75) is 6.92 Å². The molecule has 0 aliphatic carbocycles. The summed E-state index contributed by atoms with van der Waals surface area (Å²) < 4.78 is 7.28. The minimum absolute atomic E-state index is 0.251. The number of nitrogens with one attached hydrogen (secondary N) is 2. The summed E-state index contributed by atoms with van der Waals surface area (Å²) in [5.41, 5.74) is 1.32. The largest absolute Gasteiger partial charge is 0.493 e. The van der Waals surface area contributed by atoms with Gasteiger partial charge in [-0.05, 0) is 100 Å². The summed E-state index contributed by atoms with van der Waals surface area (Å²) in [7, 11) is 0. The zero-order chi connectivity index (χ0) is 16.8.